The normalized spacial score (nSPS) is 9.95. The molecule has 0 aliphatic heterocycles. The number of nitriles is 1. The Kier molecular flexibility index (Phi) is 3.72. The zero-order chi connectivity index (χ0) is 13.8. The third kappa shape index (κ3) is 3.05. The van der Waals surface area contributed by atoms with Gasteiger partial charge in [0.15, 0.2) is 0 Å². The Balaban J connectivity index is 2.31. The van der Waals surface area contributed by atoms with E-state index in [1.807, 2.05) is 18.2 Å². The van der Waals surface area contributed by atoms with E-state index < -0.39 is 0 Å². The van der Waals surface area contributed by atoms with Gasteiger partial charge in [-0.15, -0.1) is 0 Å². The zero-order valence-corrected chi connectivity index (χ0v) is 11.2. The lowest BCUT2D eigenvalue weighted by molar-refractivity contribution is 1.26. The van der Waals surface area contributed by atoms with Crippen LogP contribution in [0.4, 0.5) is 17.1 Å². The molecule has 2 aromatic rings. The Labute approximate surface area is 113 Å². The first kappa shape index (κ1) is 13.0. The topological polar surface area (TPSA) is 61.8 Å². The average molecular weight is 251 g/mol. The predicted octanol–water partition coefficient (Wildman–Crippen LogP) is 3.70. The summed E-state index contributed by atoms with van der Waals surface area (Å²) in [5.74, 6) is 0. The molecule has 0 aliphatic carbocycles. The first-order valence-electron chi connectivity index (χ1n) is 6.20. The molecule has 0 saturated carbocycles. The van der Waals surface area contributed by atoms with E-state index in [1.54, 1.807) is 0 Å². The molecule has 3 nitrogen and oxygen atoms in total. The van der Waals surface area contributed by atoms with Gasteiger partial charge in [0.2, 0.25) is 0 Å². The summed E-state index contributed by atoms with van der Waals surface area (Å²) in [7, 11) is 0. The van der Waals surface area contributed by atoms with Gasteiger partial charge in [-0.1, -0.05) is 12.1 Å². The molecule has 0 unspecified atom stereocenters. The van der Waals surface area contributed by atoms with Crippen molar-refractivity contribution in [3.63, 3.8) is 0 Å². The summed E-state index contributed by atoms with van der Waals surface area (Å²) in [6.07, 6.45) is 0.328. The van der Waals surface area contributed by atoms with Crippen LogP contribution in [0.3, 0.4) is 0 Å². The lowest BCUT2D eigenvalue weighted by Crippen LogP contribution is -1.98. The summed E-state index contributed by atoms with van der Waals surface area (Å²) in [4.78, 5) is 0. The van der Waals surface area contributed by atoms with E-state index in [0.717, 1.165) is 16.9 Å². The van der Waals surface area contributed by atoms with Crippen molar-refractivity contribution in [1.82, 2.24) is 0 Å². The van der Waals surface area contributed by atoms with Crippen LogP contribution in [-0.2, 0) is 6.42 Å². The van der Waals surface area contributed by atoms with E-state index in [2.05, 4.69) is 43.4 Å². The Morgan fingerprint density at radius 2 is 1.95 bits per heavy atom. The number of nitrogens with zero attached hydrogens (tertiary/aromatic N) is 1. The largest absolute Gasteiger partial charge is 0.398 e. The second-order valence-electron chi connectivity index (χ2n) is 4.69. The van der Waals surface area contributed by atoms with Crippen molar-refractivity contribution in [1.29, 1.82) is 5.26 Å². The van der Waals surface area contributed by atoms with Gasteiger partial charge in [0.25, 0.3) is 0 Å². The fourth-order valence-electron chi connectivity index (χ4n) is 1.95. The van der Waals surface area contributed by atoms with Crippen molar-refractivity contribution in [2.45, 2.75) is 20.3 Å². The van der Waals surface area contributed by atoms with Crippen LogP contribution in [0.2, 0.25) is 0 Å². The highest BCUT2D eigenvalue weighted by Gasteiger charge is 2.03. The summed E-state index contributed by atoms with van der Waals surface area (Å²) < 4.78 is 0. The van der Waals surface area contributed by atoms with Crippen molar-refractivity contribution in [2.75, 3.05) is 11.1 Å². The van der Waals surface area contributed by atoms with Gasteiger partial charge in [0, 0.05) is 17.1 Å². The average Bonchev–Trinajstić information content (AvgIpc) is 2.38. The fraction of sp³-hybridized carbons (Fsp3) is 0.188. The number of rotatable bonds is 3. The maximum absolute atomic E-state index is 8.78. The molecule has 0 aromatic heterocycles. The molecule has 2 rings (SSSR count). The number of benzene rings is 2. The number of hydrogen-bond acceptors (Lipinski definition) is 3. The minimum Gasteiger partial charge on any atom is -0.398 e. The third-order valence-corrected chi connectivity index (χ3v) is 3.08. The van der Waals surface area contributed by atoms with Gasteiger partial charge in [-0.3, -0.25) is 0 Å². The molecule has 0 radical (unpaired) electrons. The summed E-state index contributed by atoms with van der Waals surface area (Å²) >= 11 is 0. The highest BCUT2D eigenvalue weighted by molar-refractivity contribution is 5.67. The second kappa shape index (κ2) is 5.45. The van der Waals surface area contributed by atoms with Crippen molar-refractivity contribution >= 4 is 17.1 Å². The molecule has 19 heavy (non-hydrogen) atoms. The highest BCUT2D eigenvalue weighted by Crippen LogP contribution is 2.24. The molecule has 0 bridgehead atoms. The highest BCUT2D eigenvalue weighted by atomic mass is 14.9. The lowest BCUT2D eigenvalue weighted by atomic mass is 10.1. The Morgan fingerprint density at radius 3 is 2.68 bits per heavy atom. The minimum atomic E-state index is 0.328. The molecule has 0 atom stereocenters. The molecule has 3 N–H and O–H groups in total. The first-order chi connectivity index (χ1) is 9.10. The lowest BCUT2D eigenvalue weighted by Gasteiger charge is -2.12. The van der Waals surface area contributed by atoms with Crippen LogP contribution < -0.4 is 11.1 Å². The summed E-state index contributed by atoms with van der Waals surface area (Å²) in [6.45, 7) is 4.13. The van der Waals surface area contributed by atoms with Gasteiger partial charge < -0.3 is 11.1 Å². The van der Waals surface area contributed by atoms with E-state index in [0.29, 0.717) is 12.1 Å². The quantitative estimate of drug-likeness (QED) is 0.818. The molecule has 2 aromatic carbocycles. The van der Waals surface area contributed by atoms with Crippen LogP contribution in [0, 0.1) is 25.2 Å². The molecule has 0 saturated heterocycles. The summed E-state index contributed by atoms with van der Waals surface area (Å²) in [5.41, 5.74) is 11.8. The van der Waals surface area contributed by atoms with Gasteiger partial charge in [-0.05, 0) is 54.8 Å². The maximum Gasteiger partial charge on any atom is 0.0670 e. The van der Waals surface area contributed by atoms with Crippen LogP contribution in [0.1, 0.15) is 16.7 Å². The monoisotopic (exact) mass is 251 g/mol. The van der Waals surface area contributed by atoms with Crippen LogP contribution >= 0.6 is 0 Å². The van der Waals surface area contributed by atoms with Crippen molar-refractivity contribution < 1.29 is 0 Å². The van der Waals surface area contributed by atoms with E-state index in [9.17, 15) is 0 Å². The van der Waals surface area contributed by atoms with Crippen LogP contribution in [0.25, 0.3) is 0 Å². The second-order valence-corrected chi connectivity index (χ2v) is 4.69. The minimum absolute atomic E-state index is 0.328. The van der Waals surface area contributed by atoms with E-state index in [4.69, 9.17) is 11.0 Å². The smallest absolute Gasteiger partial charge is 0.0670 e. The number of nitrogen functional groups attached to an aromatic ring is 1. The van der Waals surface area contributed by atoms with Gasteiger partial charge in [0.05, 0.1) is 12.5 Å². The summed E-state index contributed by atoms with van der Waals surface area (Å²) in [6, 6.07) is 14.1. The van der Waals surface area contributed by atoms with E-state index in [-0.39, 0.29) is 0 Å². The first-order valence-corrected chi connectivity index (χ1v) is 6.20. The Hall–Kier alpha value is -2.47. The standard InChI is InChI=1S/C16H17N3/c1-11-3-4-12(2)16(9-11)19-14-5-6-15(18)13(10-14)7-8-17/h3-6,9-10,19H,7,18H2,1-2H3. The Bertz CT molecular complexity index is 639. The maximum atomic E-state index is 8.78. The van der Waals surface area contributed by atoms with Crippen molar-refractivity contribution in [2.24, 2.45) is 0 Å². The fourth-order valence-corrected chi connectivity index (χ4v) is 1.95. The molecular formula is C16H17N3. The SMILES string of the molecule is Cc1ccc(C)c(Nc2ccc(N)c(CC#N)c2)c1. The number of anilines is 3. The molecular weight excluding hydrogens is 234 g/mol. The van der Waals surface area contributed by atoms with Gasteiger partial charge in [0.1, 0.15) is 0 Å². The number of nitrogens with one attached hydrogen (secondary N) is 1. The molecule has 0 spiro atoms. The number of aryl methyl sites for hydroxylation is 2. The van der Waals surface area contributed by atoms with Gasteiger partial charge in [-0.25, -0.2) is 0 Å². The van der Waals surface area contributed by atoms with E-state index >= 15 is 0 Å². The van der Waals surface area contributed by atoms with E-state index in [1.165, 1.54) is 11.1 Å². The van der Waals surface area contributed by atoms with Gasteiger partial charge in [-0.2, -0.15) is 5.26 Å². The van der Waals surface area contributed by atoms with Crippen LogP contribution in [-0.4, -0.2) is 0 Å². The van der Waals surface area contributed by atoms with Crippen molar-refractivity contribution in [3.05, 3.63) is 53.1 Å². The molecule has 0 fully saturated rings. The molecule has 0 aliphatic rings. The molecule has 96 valence electrons. The third-order valence-electron chi connectivity index (χ3n) is 3.08. The molecule has 3 heteroatoms. The summed E-state index contributed by atoms with van der Waals surface area (Å²) in [5, 5.41) is 12.2. The zero-order valence-electron chi connectivity index (χ0n) is 11.2. The number of hydrogen-bond donors (Lipinski definition) is 2. The van der Waals surface area contributed by atoms with Crippen LogP contribution in [0.5, 0.6) is 0 Å². The molecule has 0 heterocycles. The molecule has 0 amide bonds. The Morgan fingerprint density at radius 1 is 1.16 bits per heavy atom. The predicted molar refractivity (Wildman–Crippen MR) is 79.4 cm³/mol. The van der Waals surface area contributed by atoms with Crippen molar-refractivity contribution in [3.8, 4) is 6.07 Å². The van der Waals surface area contributed by atoms with Crippen LogP contribution in [0.15, 0.2) is 36.4 Å². The number of nitrogens with two attached hydrogens (primary N) is 1. The van der Waals surface area contributed by atoms with Gasteiger partial charge >= 0.3 is 0 Å².